The number of rotatable bonds is 7. The maximum atomic E-state index is 14.4. The molecule has 0 spiro atoms. The number of alkyl halides is 6. The Morgan fingerprint density at radius 3 is 1.55 bits per heavy atom. The molecule has 4 N–H and O–H groups in total. The summed E-state index contributed by atoms with van der Waals surface area (Å²) in [5, 5.41) is 35.7. The second-order valence-corrected chi connectivity index (χ2v) is 5.63. The molecule has 2 aromatic carbocycles. The van der Waals surface area contributed by atoms with Crippen molar-refractivity contribution in [3.8, 4) is 28.7 Å². The number of ether oxygens (including phenoxy) is 4. The first-order valence-electron chi connectivity index (χ1n) is 7.81. The van der Waals surface area contributed by atoms with E-state index in [9.17, 15) is 39.9 Å². The van der Waals surface area contributed by atoms with Crippen LogP contribution in [0.4, 0.5) is 35.1 Å². The fourth-order valence-electron chi connectivity index (χ4n) is 2.18. The smallest absolute Gasteiger partial charge is 0.477 e. The summed E-state index contributed by atoms with van der Waals surface area (Å²) in [5.74, 6) is -13.8. The SMILES string of the molecule is O=C(O)c1c(Oc2ccc(OC(F)(F)F)c(F)c2OC(O)(O)O)ccc(OC(F)(F)F)c1F. The van der Waals surface area contributed by atoms with Crippen LogP contribution in [0.5, 0.6) is 28.7 Å². The van der Waals surface area contributed by atoms with Crippen molar-refractivity contribution < 1.29 is 79.3 Å². The molecule has 0 radical (unpaired) electrons. The molecule has 0 aliphatic rings. The molecule has 0 saturated carbocycles. The zero-order valence-corrected chi connectivity index (χ0v) is 15.2. The van der Waals surface area contributed by atoms with Crippen LogP contribution in [-0.4, -0.2) is 45.3 Å². The number of carboxylic acid groups (broad SMARTS) is 1. The first-order chi connectivity index (χ1) is 14.9. The van der Waals surface area contributed by atoms with Crippen molar-refractivity contribution in [2.45, 2.75) is 18.9 Å². The number of hydrogen-bond donors (Lipinski definition) is 4. The zero-order valence-electron chi connectivity index (χ0n) is 15.2. The number of aromatic carboxylic acids is 1. The Morgan fingerprint density at radius 1 is 0.697 bits per heavy atom. The molecule has 0 unspecified atom stereocenters. The predicted octanol–water partition coefficient (Wildman–Crippen LogP) is 3.22. The first-order valence-corrected chi connectivity index (χ1v) is 7.81. The molecule has 0 bridgehead atoms. The molecule has 9 nitrogen and oxygen atoms in total. The third-order valence-electron chi connectivity index (χ3n) is 3.22. The topological polar surface area (TPSA) is 135 Å². The van der Waals surface area contributed by atoms with Crippen LogP contribution < -0.4 is 18.9 Å². The van der Waals surface area contributed by atoms with Crippen LogP contribution >= 0.6 is 0 Å². The van der Waals surface area contributed by atoms with Gasteiger partial charge in [-0.05, 0) is 24.3 Å². The second kappa shape index (κ2) is 8.75. The number of halogens is 8. The van der Waals surface area contributed by atoms with E-state index in [1.165, 1.54) is 0 Å². The first kappa shape index (κ1) is 25.7. The largest absolute Gasteiger partial charge is 0.573 e. The van der Waals surface area contributed by atoms with Crippen LogP contribution in [0.2, 0.25) is 0 Å². The Morgan fingerprint density at radius 2 is 1.12 bits per heavy atom. The van der Waals surface area contributed by atoms with Gasteiger partial charge in [-0.2, -0.15) is 4.39 Å². The number of hydrogen-bond acceptors (Lipinski definition) is 8. The van der Waals surface area contributed by atoms with Gasteiger partial charge in [0.1, 0.15) is 11.3 Å². The van der Waals surface area contributed by atoms with E-state index in [-0.39, 0.29) is 12.1 Å². The fraction of sp³-hybridized carbons (Fsp3) is 0.188. The minimum atomic E-state index is -5.46. The van der Waals surface area contributed by atoms with Gasteiger partial charge in [0, 0.05) is 0 Å². The van der Waals surface area contributed by atoms with Crippen LogP contribution in [0.3, 0.4) is 0 Å². The van der Waals surface area contributed by atoms with Crippen molar-refractivity contribution >= 4 is 5.97 Å². The molecule has 0 amide bonds. The van der Waals surface area contributed by atoms with E-state index in [0.29, 0.717) is 12.1 Å². The summed E-state index contributed by atoms with van der Waals surface area (Å²) in [5.41, 5.74) is -1.61. The highest BCUT2D eigenvalue weighted by molar-refractivity contribution is 5.92. The van der Waals surface area contributed by atoms with Gasteiger partial charge in [-0.1, -0.05) is 0 Å². The molecule has 0 aromatic heterocycles. The quantitative estimate of drug-likeness (QED) is 0.337. The molecule has 0 atom stereocenters. The Hall–Kier alpha value is -3.57. The molecular formula is C16H8F8O9. The Bertz CT molecular complexity index is 1040. The normalized spacial score (nSPS) is 12.3. The van der Waals surface area contributed by atoms with E-state index in [4.69, 9.17) is 25.2 Å². The van der Waals surface area contributed by atoms with Crippen molar-refractivity contribution in [1.82, 2.24) is 0 Å². The second-order valence-electron chi connectivity index (χ2n) is 5.63. The standard InChI is InChI=1S/C16H8F8O9/c17-10-6(31-14(19,20)21)2-1-5(9(10)13(25)26)30-8-4-3-7(32-15(22,23)24)11(18)12(8)33-16(27,28)29/h1-4,27-29H,(H,25,26). The fourth-order valence-corrected chi connectivity index (χ4v) is 2.18. The average molecular weight is 496 g/mol. The van der Waals surface area contributed by atoms with Crippen molar-refractivity contribution in [1.29, 1.82) is 0 Å². The van der Waals surface area contributed by atoms with E-state index in [0.717, 1.165) is 0 Å². The highest BCUT2D eigenvalue weighted by atomic mass is 19.4. The van der Waals surface area contributed by atoms with Crippen molar-refractivity contribution in [2.24, 2.45) is 0 Å². The number of carboxylic acids is 1. The van der Waals surface area contributed by atoms with Gasteiger partial charge in [0.25, 0.3) is 0 Å². The molecule has 33 heavy (non-hydrogen) atoms. The number of benzene rings is 2. The van der Waals surface area contributed by atoms with Gasteiger partial charge < -0.3 is 39.4 Å². The van der Waals surface area contributed by atoms with Gasteiger partial charge in [-0.3, -0.25) is 0 Å². The molecule has 0 saturated heterocycles. The minimum Gasteiger partial charge on any atom is -0.477 e. The number of aliphatic hydroxyl groups is 3. The highest BCUT2D eigenvalue weighted by Crippen LogP contribution is 2.43. The van der Waals surface area contributed by atoms with Gasteiger partial charge in [-0.15, -0.1) is 26.3 Å². The summed E-state index contributed by atoms with van der Waals surface area (Å²) in [6.45, 7) is 0. The molecule has 2 rings (SSSR count). The maximum absolute atomic E-state index is 14.4. The molecule has 17 heteroatoms. The summed E-state index contributed by atoms with van der Waals surface area (Å²) in [6.07, 6.45) is -15.1. The molecule has 0 aliphatic heterocycles. The molecule has 182 valence electrons. The van der Waals surface area contributed by atoms with E-state index in [1.54, 1.807) is 0 Å². The monoisotopic (exact) mass is 496 g/mol. The minimum absolute atomic E-state index is 0.233. The van der Waals surface area contributed by atoms with E-state index >= 15 is 0 Å². The van der Waals surface area contributed by atoms with Crippen LogP contribution in [0.25, 0.3) is 0 Å². The third-order valence-corrected chi connectivity index (χ3v) is 3.22. The van der Waals surface area contributed by atoms with Gasteiger partial charge >= 0.3 is 24.9 Å². The van der Waals surface area contributed by atoms with Gasteiger partial charge in [0.2, 0.25) is 11.6 Å². The highest BCUT2D eigenvalue weighted by Gasteiger charge is 2.37. The van der Waals surface area contributed by atoms with Gasteiger partial charge in [-0.25, -0.2) is 9.18 Å². The summed E-state index contributed by atoms with van der Waals surface area (Å²) >= 11 is 0. The van der Waals surface area contributed by atoms with Crippen molar-refractivity contribution in [2.75, 3.05) is 0 Å². The maximum Gasteiger partial charge on any atom is 0.573 e. The van der Waals surface area contributed by atoms with Crippen molar-refractivity contribution in [3.05, 3.63) is 41.5 Å². The van der Waals surface area contributed by atoms with E-state index < -0.39 is 70.8 Å². The Balaban J connectivity index is 2.60. The van der Waals surface area contributed by atoms with Gasteiger partial charge in [0.05, 0.1) is 0 Å². The summed E-state index contributed by atoms with van der Waals surface area (Å²) in [4.78, 5) is 11.3. The Labute approximate surface area is 175 Å². The molecule has 0 aliphatic carbocycles. The third kappa shape index (κ3) is 6.96. The molecule has 2 aromatic rings. The van der Waals surface area contributed by atoms with E-state index in [1.807, 2.05) is 0 Å². The summed E-state index contributed by atoms with van der Waals surface area (Å²) in [6, 6.07) is 1.24. The lowest BCUT2D eigenvalue weighted by atomic mass is 10.1. The molecular weight excluding hydrogens is 488 g/mol. The average Bonchev–Trinajstić information content (AvgIpc) is 2.59. The summed E-state index contributed by atoms with van der Waals surface area (Å²) in [7, 11) is 0. The van der Waals surface area contributed by atoms with Gasteiger partial charge in [0.15, 0.2) is 23.1 Å². The van der Waals surface area contributed by atoms with Crippen LogP contribution in [0.1, 0.15) is 10.4 Å². The van der Waals surface area contributed by atoms with Crippen LogP contribution in [0.15, 0.2) is 24.3 Å². The number of carbonyl (C=O) groups is 1. The van der Waals surface area contributed by atoms with Crippen LogP contribution in [0, 0.1) is 11.6 Å². The molecule has 0 heterocycles. The summed E-state index contributed by atoms with van der Waals surface area (Å²) < 4.78 is 118. The predicted molar refractivity (Wildman–Crippen MR) is 83.2 cm³/mol. The lowest BCUT2D eigenvalue weighted by Crippen LogP contribution is -2.35. The molecule has 0 fully saturated rings. The van der Waals surface area contributed by atoms with Crippen molar-refractivity contribution in [3.63, 3.8) is 0 Å². The van der Waals surface area contributed by atoms with Crippen LogP contribution in [-0.2, 0) is 0 Å². The lowest BCUT2D eigenvalue weighted by Gasteiger charge is -2.21. The zero-order chi connectivity index (χ0) is 25.4. The Kier molecular flexibility index (Phi) is 6.82. The lowest BCUT2D eigenvalue weighted by molar-refractivity contribution is -0.420. The van der Waals surface area contributed by atoms with E-state index in [2.05, 4.69) is 14.2 Å².